The SMILES string of the molecule is CCCCCCc1onc(N)c1-c1ccccc1Br. The van der Waals surface area contributed by atoms with Gasteiger partial charge in [0.05, 0.1) is 5.56 Å². The van der Waals surface area contributed by atoms with Gasteiger partial charge in [0.25, 0.3) is 0 Å². The van der Waals surface area contributed by atoms with Gasteiger partial charge in [-0.2, -0.15) is 0 Å². The summed E-state index contributed by atoms with van der Waals surface area (Å²) in [6.07, 6.45) is 5.71. The molecule has 0 unspecified atom stereocenters. The third-order valence-electron chi connectivity index (χ3n) is 3.19. The second kappa shape index (κ2) is 6.75. The van der Waals surface area contributed by atoms with E-state index in [1.54, 1.807) is 0 Å². The largest absolute Gasteiger partial charge is 0.380 e. The van der Waals surface area contributed by atoms with Crippen molar-refractivity contribution < 1.29 is 4.52 Å². The van der Waals surface area contributed by atoms with E-state index in [9.17, 15) is 0 Å². The summed E-state index contributed by atoms with van der Waals surface area (Å²) in [6, 6.07) is 8.01. The number of anilines is 1. The third-order valence-corrected chi connectivity index (χ3v) is 3.88. The molecule has 102 valence electrons. The molecule has 2 rings (SSSR count). The maximum absolute atomic E-state index is 5.95. The fourth-order valence-electron chi connectivity index (χ4n) is 2.17. The number of halogens is 1. The maximum atomic E-state index is 5.95. The van der Waals surface area contributed by atoms with Crippen molar-refractivity contribution in [3.8, 4) is 11.1 Å². The molecular weight excluding hydrogens is 304 g/mol. The maximum Gasteiger partial charge on any atom is 0.175 e. The summed E-state index contributed by atoms with van der Waals surface area (Å²) in [5.74, 6) is 1.36. The Morgan fingerprint density at radius 1 is 1.21 bits per heavy atom. The first-order valence-electron chi connectivity index (χ1n) is 6.73. The number of aryl methyl sites for hydroxylation is 1. The molecule has 0 spiro atoms. The van der Waals surface area contributed by atoms with Crippen LogP contribution in [0.1, 0.15) is 38.4 Å². The second-order valence-corrected chi connectivity index (χ2v) is 5.51. The van der Waals surface area contributed by atoms with Crippen LogP contribution in [0.15, 0.2) is 33.3 Å². The summed E-state index contributed by atoms with van der Waals surface area (Å²) in [7, 11) is 0. The van der Waals surface area contributed by atoms with Gasteiger partial charge in [0.1, 0.15) is 5.76 Å². The molecule has 0 aliphatic rings. The first-order valence-corrected chi connectivity index (χ1v) is 7.52. The molecule has 2 aromatic rings. The van der Waals surface area contributed by atoms with Crippen molar-refractivity contribution in [2.24, 2.45) is 0 Å². The summed E-state index contributed by atoms with van der Waals surface area (Å²) in [6.45, 7) is 2.21. The average molecular weight is 323 g/mol. The lowest BCUT2D eigenvalue weighted by atomic mass is 10.0. The van der Waals surface area contributed by atoms with Crippen LogP contribution in [0.2, 0.25) is 0 Å². The van der Waals surface area contributed by atoms with Crippen molar-refractivity contribution in [3.05, 3.63) is 34.5 Å². The zero-order chi connectivity index (χ0) is 13.7. The first kappa shape index (κ1) is 14.1. The van der Waals surface area contributed by atoms with Crippen LogP contribution in [0.3, 0.4) is 0 Å². The molecule has 1 aromatic carbocycles. The van der Waals surface area contributed by atoms with E-state index in [1.165, 1.54) is 19.3 Å². The predicted molar refractivity (Wildman–Crippen MR) is 81.9 cm³/mol. The minimum Gasteiger partial charge on any atom is -0.380 e. The molecule has 0 atom stereocenters. The smallest absolute Gasteiger partial charge is 0.175 e. The molecule has 0 aliphatic carbocycles. The molecule has 0 radical (unpaired) electrons. The van der Waals surface area contributed by atoms with Gasteiger partial charge in [0.15, 0.2) is 5.82 Å². The van der Waals surface area contributed by atoms with Crippen LogP contribution in [-0.4, -0.2) is 5.16 Å². The number of rotatable bonds is 6. The van der Waals surface area contributed by atoms with Gasteiger partial charge in [-0.1, -0.05) is 65.5 Å². The minimum absolute atomic E-state index is 0.470. The normalized spacial score (nSPS) is 10.8. The van der Waals surface area contributed by atoms with Crippen LogP contribution >= 0.6 is 15.9 Å². The Hall–Kier alpha value is -1.29. The van der Waals surface area contributed by atoms with E-state index in [1.807, 2.05) is 24.3 Å². The number of nitrogens with two attached hydrogens (primary N) is 1. The van der Waals surface area contributed by atoms with Crippen LogP contribution in [-0.2, 0) is 6.42 Å². The topological polar surface area (TPSA) is 52.0 Å². The van der Waals surface area contributed by atoms with Gasteiger partial charge in [0.2, 0.25) is 0 Å². The van der Waals surface area contributed by atoms with Crippen molar-refractivity contribution in [2.45, 2.75) is 39.0 Å². The molecule has 0 bridgehead atoms. The summed E-state index contributed by atoms with van der Waals surface area (Å²) < 4.78 is 6.40. The van der Waals surface area contributed by atoms with Gasteiger partial charge in [-0.3, -0.25) is 0 Å². The van der Waals surface area contributed by atoms with Crippen LogP contribution in [0, 0.1) is 0 Å². The zero-order valence-corrected chi connectivity index (χ0v) is 12.7. The molecule has 4 heteroatoms. The van der Waals surface area contributed by atoms with Gasteiger partial charge in [-0.05, 0) is 12.5 Å². The van der Waals surface area contributed by atoms with E-state index < -0.39 is 0 Å². The molecule has 0 saturated heterocycles. The van der Waals surface area contributed by atoms with Crippen molar-refractivity contribution in [1.82, 2.24) is 5.16 Å². The average Bonchev–Trinajstić information content (AvgIpc) is 2.77. The molecule has 1 aromatic heterocycles. The van der Waals surface area contributed by atoms with E-state index in [0.717, 1.165) is 34.2 Å². The van der Waals surface area contributed by atoms with Crippen molar-refractivity contribution in [3.63, 3.8) is 0 Å². The molecular formula is C15H19BrN2O. The number of hydrogen-bond donors (Lipinski definition) is 1. The fourth-order valence-corrected chi connectivity index (χ4v) is 2.66. The van der Waals surface area contributed by atoms with E-state index in [-0.39, 0.29) is 0 Å². The Kier molecular flexibility index (Phi) is 5.02. The lowest BCUT2D eigenvalue weighted by molar-refractivity contribution is 0.382. The Balaban J connectivity index is 2.21. The molecule has 0 saturated carbocycles. The number of aromatic nitrogens is 1. The molecule has 1 heterocycles. The summed E-state index contributed by atoms with van der Waals surface area (Å²) in [5, 5.41) is 3.91. The van der Waals surface area contributed by atoms with Gasteiger partial charge < -0.3 is 10.3 Å². The van der Waals surface area contributed by atoms with E-state index in [0.29, 0.717) is 5.82 Å². The fraction of sp³-hybridized carbons (Fsp3) is 0.400. The van der Waals surface area contributed by atoms with Gasteiger partial charge in [-0.15, -0.1) is 0 Å². The Morgan fingerprint density at radius 2 is 2.00 bits per heavy atom. The number of nitrogens with zero attached hydrogens (tertiary/aromatic N) is 1. The zero-order valence-electron chi connectivity index (χ0n) is 11.2. The summed E-state index contributed by atoms with van der Waals surface area (Å²) in [5.41, 5.74) is 7.93. The lowest BCUT2D eigenvalue weighted by Crippen LogP contribution is -1.92. The minimum atomic E-state index is 0.470. The quantitative estimate of drug-likeness (QED) is 0.776. The van der Waals surface area contributed by atoms with Crippen LogP contribution < -0.4 is 5.73 Å². The monoisotopic (exact) mass is 322 g/mol. The Labute approximate surface area is 122 Å². The lowest BCUT2D eigenvalue weighted by Gasteiger charge is -2.05. The van der Waals surface area contributed by atoms with Crippen LogP contribution in [0.4, 0.5) is 5.82 Å². The van der Waals surface area contributed by atoms with Crippen LogP contribution in [0.25, 0.3) is 11.1 Å². The number of benzene rings is 1. The molecule has 3 nitrogen and oxygen atoms in total. The highest BCUT2D eigenvalue weighted by atomic mass is 79.9. The Morgan fingerprint density at radius 3 is 2.74 bits per heavy atom. The molecule has 19 heavy (non-hydrogen) atoms. The number of unbranched alkanes of at least 4 members (excludes halogenated alkanes) is 3. The van der Waals surface area contributed by atoms with Crippen molar-refractivity contribution in [1.29, 1.82) is 0 Å². The highest BCUT2D eigenvalue weighted by molar-refractivity contribution is 9.10. The molecule has 0 fully saturated rings. The summed E-state index contributed by atoms with van der Waals surface area (Å²) in [4.78, 5) is 0. The number of nitrogen functional groups attached to an aromatic ring is 1. The summed E-state index contributed by atoms with van der Waals surface area (Å²) >= 11 is 3.55. The highest BCUT2D eigenvalue weighted by Crippen LogP contribution is 2.35. The van der Waals surface area contributed by atoms with Crippen LogP contribution in [0.5, 0.6) is 0 Å². The van der Waals surface area contributed by atoms with E-state index in [2.05, 4.69) is 28.0 Å². The van der Waals surface area contributed by atoms with Crippen molar-refractivity contribution >= 4 is 21.7 Å². The highest BCUT2D eigenvalue weighted by Gasteiger charge is 2.17. The second-order valence-electron chi connectivity index (χ2n) is 4.66. The van der Waals surface area contributed by atoms with E-state index >= 15 is 0 Å². The molecule has 2 N–H and O–H groups in total. The van der Waals surface area contributed by atoms with Crippen molar-refractivity contribution in [2.75, 3.05) is 5.73 Å². The first-order chi connectivity index (χ1) is 9.24. The molecule has 0 aliphatic heterocycles. The van der Waals surface area contributed by atoms with Gasteiger partial charge in [0, 0.05) is 16.5 Å². The third kappa shape index (κ3) is 3.38. The Bertz CT molecular complexity index is 537. The van der Waals surface area contributed by atoms with E-state index in [4.69, 9.17) is 10.3 Å². The predicted octanol–water partition coefficient (Wildman–Crippen LogP) is 4.81. The van der Waals surface area contributed by atoms with Gasteiger partial charge in [-0.25, -0.2) is 0 Å². The standard InChI is InChI=1S/C15H19BrN2O/c1-2-3-4-5-10-13-14(15(17)18-19-13)11-8-6-7-9-12(11)16/h6-9H,2-5,10H2,1H3,(H2,17,18). The number of hydrogen-bond acceptors (Lipinski definition) is 3. The molecule has 0 amide bonds. The van der Waals surface area contributed by atoms with Gasteiger partial charge >= 0.3 is 0 Å².